The SMILES string of the molecule is O=c1cc(C2CC2)[nH]n1Cc1cccc(F)c1. The van der Waals surface area contributed by atoms with Gasteiger partial charge in [0.05, 0.1) is 6.54 Å². The van der Waals surface area contributed by atoms with Crippen LogP contribution in [0.4, 0.5) is 4.39 Å². The van der Waals surface area contributed by atoms with Crippen LogP contribution in [-0.2, 0) is 6.54 Å². The molecule has 3 rings (SSSR count). The first-order valence-electron chi connectivity index (χ1n) is 5.76. The van der Waals surface area contributed by atoms with Gasteiger partial charge in [-0.05, 0) is 30.5 Å². The first-order chi connectivity index (χ1) is 8.22. The highest BCUT2D eigenvalue weighted by Gasteiger charge is 2.25. The van der Waals surface area contributed by atoms with Gasteiger partial charge in [0.2, 0.25) is 0 Å². The first-order valence-corrected chi connectivity index (χ1v) is 5.76. The van der Waals surface area contributed by atoms with E-state index in [1.54, 1.807) is 12.1 Å². The van der Waals surface area contributed by atoms with Crippen molar-refractivity contribution in [2.75, 3.05) is 0 Å². The predicted octanol–water partition coefficient (Wildman–Crippen LogP) is 2.24. The average molecular weight is 232 g/mol. The zero-order valence-corrected chi connectivity index (χ0v) is 9.32. The summed E-state index contributed by atoms with van der Waals surface area (Å²) in [5.74, 6) is 0.251. The third-order valence-electron chi connectivity index (χ3n) is 3.06. The smallest absolute Gasteiger partial charge is 0.267 e. The second-order valence-electron chi connectivity index (χ2n) is 4.54. The highest BCUT2D eigenvalue weighted by molar-refractivity contribution is 5.18. The quantitative estimate of drug-likeness (QED) is 0.865. The number of benzene rings is 1. The maximum Gasteiger partial charge on any atom is 0.267 e. The fourth-order valence-electron chi connectivity index (χ4n) is 1.99. The molecule has 1 aromatic heterocycles. The monoisotopic (exact) mass is 232 g/mol. The number of aromatic amines is 1. The third-order valence-corrected chi connectivity index (χ3v) is 3.06. The summed E-state index contributed by atoms with van der Waals surface area (Å²) in [6, 6.07) is 7.96. The van der Waals surface area contributed by atoms with Crippen molar-refractivity contribution >= 4 is 0 Å². The summed E-state index contributed by atoms with van der Waals surface area (Å²) in [5, 5.41) is 3.09. The molecule has 2 aromatic rings. The van der Waals surface area contributed by atoms with Gasteiger partial charge < -0.3 is 0 Å². The van der Waals surface area contributed by atoms with Crippen molar-refractivity contribution in [1.82, 2.24) is 9.78 Å². The fourth-order valence-corrected chi connectivity index (χ4v) is 1.99. The largest absolute Gasteiger partial charge is 0.299 e. The molecule has 88 valence electrons. The molecule has 0 spiro atoms. The van der Waals surface area contributed by atoms with E-state index in [0.29, 0.717) is 12.5 Å². The average Bonchev–Trinajstić information content (AvgIpc) is 3.06. The number of hydrogen-bond acceptors (Lipinski definition) is 1. The van der Waals surface area contributed by atoms with E-state index in [1.165, 1.54) is 16.8 Å². The number of aromatic nitrogens is 2. The van der Waals surface area contributed by atoms with Crippen molar-refractivity contribution in [2.45, 2.75) is 25.3 Å². The zero-order valence-electron chi connectivity index (χ0n) is 9.32. The second-order valence-corrected chi connectivity index (χ2v) is 4.54. The molecule has 1 aliphatic carbocycles. The second kappa shape index (κ2) is 3.87. The number of nitrogens with one attached hydrogen (secondary N) is 1. The maximum absolute atomic E-state index is 13.0. The minimum atomic E-state index is -0.274. The van der Waals surface area contributed by atoms with Crippen LogP contribution in [0, 0.1) is 5.82 Å². The van der Waals surface area contributed by atoms with Crippen LogP contribution in [0.2, 0.25) is 0 Å². The lowest BCUT2D eigenvalue weighted by Crippen LogP contribution is -2.16. The van der Waals surface area contributed by atoms with E-state index in [-0.39, 0.29) is 11.4 Å². The molecule has 1 heterocycles. The van der Waals surface area contributed by atoms with Crippen LogP contribution < -0.4 is 5.56 Å². The Morgan fingerprint density at radius 1 is 1.35 bits per heavy atom. The van der Waals surface area contributed by atoms with E-state index in [0.717, 1.165) is 24.1 Å². The lowest BCUT2D eigenvalue weighted by atomic mass is 10.2. The van der Waals surface area contributed by atoms with E-state index in [4.69, 9.17) is 0 Å². The molecule has 1 saturated carbocycles. The van der Waals surface area contributed by atoms with Gasteiger partial charge in [-0.1, -0.05) is 12.1 Å². The van der Waals surface area contributed by atoms with Crippen molar-refractivity contribution in [3.63, 3.8) is 0 Å². The van der Waals surface area contributed by atoms with Crippen LogP contribution in [0.5, 0.6) is 0 Å². The molecular weight excluding hydrogens is 219 g/mol. The van der Waals surface area contributed by atoms with Crippen molar-refractivity contribution in [3.05, 3.63) is 57.8 Å². The minimum absolute atomic E-state index is 0.0452. The maximum atomic E-state index is 13.0. The molecule has 1 fully saturated rings. The Bertz CT molecular complexity index is 595. The molecule has 3 nitrogen and oxygen atoms in total. The summed E-state index contributed by atoms with van der Waals surface area (Å²) in [4.78, 5) is 11.7. The number of rotatable bonds is 3. The molecule has 1 N–H and O–H groups in total. The lowest BCUT2D eigenvalue weighted by Gasteiger charge is -2.02. The normalized spacial score (nSPS) is 15.1. The summed E-state index contributed by atoms with van der Waals surface area (Å²) in [7, 11) is 0. The molecule has 0 radical (unpaired) electrons. The van der Waals surface area contributed by atoms with Crippen molar-refractivity contribution in [1.29, 1.82) is 0 Å². The fraction of sp³-hybridized carbons (Fsp3) is 0.308. The van der Waals surface area contributed by atoms with Gasteiger partial charge in [0.25, 0.3) is 5.56 Å². The van der Waals surface area contributed by atoms with Crippen LogP contribution in [0.3, 0.4) is 0 Å². The molecule has 17 heavy (non-hydrogen) atoms. The molecule has 0 unspecified atom stereocenters. The summed E-state index contributed by atoms with van der Waals surface area (Å²) < 4.78 is 14.5. The highest BCUT2D eigenvalue weighted by Crippen LogP contribution is 2.38. The number of hydrogen-bond donors (Lipinski definition) is 1. The van der Waals surface area contributed by atoms with Gasteiger partial charge in [0.1, 0.15) is 5.82 Å². The van der Waals surface area contributed by atoms with Gasteiger partial charge in [0, 0.05) is 17.7 Å². The highest BCUT2D eigenvalue weighted by atomic mass is 19.1. The van der Waals surface area contributed by atoms with Gasteiger partial charge in [-0.25, -0.2) is 9.07 Å². The Kier molecular flexibility index (Phi) is 2.35. The molecule has 1 aliphatic rings. The molecule has 1 aromatic carbocycles. The molecule has 0 bridgehead atoms. The van der Waals surface area contributed by atoms with Gasteiger partial charge >= 0.3 is 0 Å². The summed E-state index contributed by atoms with van der Waals surface area (Å²) in [6.45, 7) is 0.392. The zero-order chi connectivity index (χ0) is 11.8. The van der Waals surface area contributed by atoms with Crippen LogP contribution in [-0.4, -0.2) is 9.78 Å². The van der Waals surface area contributed by atoms with Crippen molar-refractivity contribution in [3.8, 4) is 0 Å². The van der Waals surface area contributed by atoms with E-state index in [9.17, 15) is 9.18 Å². The number of halogens is 1. The van der Waals surface area contributed by atoms with Gasteiger partial charge in [-0.2, -0.15) is 0 Å². The minimum Gasteiger partial charge on any atom is -0.299 e. The van der Waals surface area contributed by atoms with Crippen LogP contribution in [0.1, 0.15) is 30.0 Å². The van der Waals surface area contributed by atoms with Gasteiger partial charge in [-0.3, -0.25) is 9.89 Å². The van der Waals surface area contributed by atoms with Gasteiger partial charge in [-0.15, -0.1) is 0 Å². The van der Waals surface area contributed by atoms with Crippen molar-refractivity contribution in [2.24, 2.45) is 0 Å². The van der Waals surface area contributed by atoms with Crippen LogP contribution >= 0.6 is 0 Å². The van der Waals surface area contributed by atoms with Gasteiger partial charge in [0.15, 0.2) is 0 Å². The molecule has 0 atom stereocenters. The van der Waals surface area contributed by atoms with Crippen LogP contribution in [0.15, 0.2) is 35.1 Å². The Labute approximate surface area is 97.9 Å². The molecule has 0 amide bonds. The van der Waals surface area contributed by atoms with Crippen molar-refractivity contribution < 1.29 is 4.39 Å². The lowest BCUT2D eigenvalue weighted by molar-refractivity contribution is 0.614. The number of H-pyrrole nitrogens is 1. The van der Waals surface area contributed by atoms with E-state index < -0.39 is 0 Å². The van der Waals surface area contributed by atoms with E-state index >= 15 is 0 Å². The summed E-state index contributed by atoms with van der Waals surface area (Å²) >= 11 is 0. The molecule has 0 aliphatic heterocycles. The third kappa shape index (κ3) is 2.16. The summed E-state index contributed by atoms with van der Waals surface area (Å²) in [6.07, 6.45) is 2.31. The molecule has 0 saturated heterocycles. The standard InChI is InChI=1S/C13H13FN2O/c14-11-3-1-2-9(6-11)8-16-13(17)7-12(15-16)10-4-5-10/h1-3,6-7,10,15H,4-5,8H2. The van der Waals surface area contributed by atoms with Crippen LogP contribution in [0.25, 0.3) is 0 Å². The van der Waals surface area contributed by atoms with E-state index in [2.05, 4.69) is 5.10 Å². The Balaban J connectivity index is 1.87. The molecule has 4 heteroatoms. The Morgan fingerprint density at radius 3 is 2.88 bits per heavy atom. The van der Waals surface area contributed by atoms with E-state index in [1.807, 2.05) is 6.07 Å². The Morgan fingerprint density at radius 2 is 2.18 bits per heavy atom. The molecular formula is C13H13FN2O. The number of nitrogens with zero attached hydrogens (tertiary/aromatic N) is 1. The Hall–Kier alpha value is -1.84. The topological polar surface area (TPSA) is 37.8 Å². The first kappa shape index (κ1) is 10.3. The predicted molar refractivity (Wildman–Crippen MR) is 62.5 cm³/mol. The summed E-state index contributed by atoms with van der Waals surface area (Å²) in [5.41, 5.74) is 1.75.